The lowest BCUT2D eigenvalue weighted by molar-refractivity contribution is -0.137. The lowest BCUT2D eigenvalue weighted by Gasteiger charge is -2.06. The molecule has 0 aliphatic heterocycles. The quantitative estimate of drug-likeness (QED) is 0.444. The SMILES string of the molecule is CC(C)CCNCCOC(=O)/C=C/c1ccccc1. The van der Waals surface area contributed by atoms with Gasteiger partial charge in [0, 0.05) is 12.6 Å². The summed E-state index contributed by atoms with van der Waals surface area (Å²) in [6.07, 6.45) is 4.36. The van der Waals surface area contributed by atoms with E-state index in [4.69, 9.17) is 4.74 Å². The lowest BCUT2D eigenvalue weighted by atomic mass is 10.1. The van der Waals surface area contributed by atoms with Gasteiger partial charge in [-0.15, -0.1) is 0 Å². The molecule has 19 heavy (non-hydrogen) atoms. The van der Waals surface area contributed by atoms with Crippen LogP contribution in [0.4, 0.5) is 0 Å². The van der Waals surface area contributed by atoms with Gasteiger partial charge in [0.1, 0.15) is 6.61 Å². The van der Waals surface area contributed by atoms with Gasteiger partial charge in [-0.25, -0.2) is 4.79 Å². The summed E-state index contributed by atoms with van der Waals surface area (Å²) in [5.74, 6) is 0.401. The van der Waals surface area contributed by atoms with E-state index >= 15 is 0 Å². The number of esters is 1. The predicted molar refractivity (Wildman–Crippen MR) is 78.8 cm³/mol. The summed E-state index contributed by atoms with van der Waals surface area (Å²) >= 11 is 0. The van der Waals surface area contributed by atoms with Crippen LogP contribution in [0.15, 0.2) is 36.4 Å². The zero-order valence-electron chi connectivity index (χ0n) is 11.8. The van der Waals surface area contributed by atoms with Crippen LogP contribution >= 0.6 is 0 Å². The molecule has 0 bridgehead atoms. The molecule has 0 radical (unpaired) electrons. The Morgan fingerprint density at radius 1 is 1.26 bits per heavy atom. The van der Waals surface area contributed by atoms with Crippen molar-refractivity contribution in [3.05, 3.63) is 42.0 Å². The number of carbonyl (C=O) groups is 1. The van der Waals surface area contributed by atoms with Gasteiger partial charge in [0.05, 0.1) is 0 Å². The number of ether oxygens (including phenoxy) is 1. The molecule has 0 aromatic heterocycles. The maximum atomic E-state index is 11.4. The average Bonchev–Trinajstić information content (AvgIpc) is 2.41. The third kappa shape index (κ3) is 8.16. The van der Waals surface area contributed by atoms with Gasteiger partial charge in [0.2, 0.25) is 0 Å². The van der Waals surface area contributed by atoms with Gasteiger partial charge in [0.25, 0.3) is 0 Å². The first-order valence-corrected chi connectivity index (χ1v) is 6.79. The van der Waals surface area contributed by atoms with E-state index in [-0.39, 0.29) is 5.97 Å². The second kappa shape index (κ2) is 9.34. The van der Waals surface area contributed by atoms with Crippen molar-refractivity contribution in [1.29, 1.82) is 0 Å². The molecule has 0 fully saturated rings. The summed E-state index contributed by atoms with van der Waals surface area (Å²) in [4.78, 5) is 11.4. The van der Waals surface area contributed by atoms with Gasteiger partial charge in [-0.3, -0.25) is 0 Å². The fourth-order valence-corrected chi connectivity index (χ4v) is 1.52. The normalized spacial score (nSPS) is 11.1. The predicted octanol–water partition coefficient (Wildman–Crippen LogP) is 2.88. The fourth-order valence-electron chi connectivity index (χ4n) is 1.52. The van der Waals surface area contributed by atoms with E-state index < -0.39 is 0 Å². The third-order valence-electron chi connectivity index (χ3n) is 2.63. The number of nitrogens with one attached hydrogen (secondary N) is 1. The molecule has 1 aromatic carbocycles. The van der Waals surface area contributed by atoms with Crippen LogP contribution in [0.5, 0.6) is 0 Å². The van der Waals surface area contributed by atoms with Crippen molar-refractivity contribution in [2.24, 2.45) is 5.92 Å². The molecule has 0 saturated heterocycles. The van der Waals surface area contributed by atoms with Crippen molar-refractivity contribution in [2.45, 2.75) is 20.3 Å². The molecule has 0 spiro atoms. The molecule has 0 heterocycles. The lowest BCUT2D eigenvalue weighted by Crippen LogP contribution is -2.22. The second-order valence-electron chi connectivity index (χ2n) is 4.84. The Bertz CT molecular complexity index is 385. The first kappa shape index (κ1) is 15.4. The van der Waals surface area contributed by atoms with Crippen LogP contribution in [-0.4, -0.2) is 25.7 Å². The zero-order valence-corrected chi connectivity index (χ0v) is 11.8. The molecule has 1 N–H and O–H groups in total. The van der Waals surface area contributed by atoms with E-state index in [2.05, 4.69) is 19.2 Å². The fraction of sp³-hybridized carbons (Fsp3) is 0.438. The Morgan fingerprint density at radius 3 is 2.68 bits per heavy atom. The Kier molecular flexibility index (Phi) is 7.59. The van der Waals surface area contributed by atoms with Crippen molar-refractivity contribution < 1.29 is 9.53 Å². The van der Waals surface area contributed by atoms with Gasteiger partial charge in [-0.1, -0.05) is 44.2 Å². The van der Waals surface area contributed by atoms with Crippen LogP contribution in [0.2, 0.25) is 0 Å². The highest BCUT2D eigenvalue weighted by Gasteiger charge is 1.97. The smallest absolute Gasteiger partial charge is 0.330 e. The molecular weight excluding hydrogens is 238 g/mol. The minimum Gasteiger partial charge on any atom is -0.461 e. The van der Waals surface area contributed by atoms with Gasteiger partial charge in [-0.2, -0.15) is 0 Å². The van der Waals surface area contributed by atoms with Crippen molar-refractivity contribution in [2.75, 3.05) is 19.7 Å². The Balaban J connectivity index is 2.10. The van der Waals surface area contributed by atoms with Crippen molar-refractivity contribution in [3.63, 3.8) is 0 Å². The summed E-state index contributed by atoms with van der Waals surface area (Å²) in [5.41, 5.74) is 0.995. The first-order chi connectivity index (χ1) is 9.18. The minimum absolute atomic E-state index is 0.297. The molecule has 104 valence electrons. The summed E-state index contributed by atoms with van der Waals surface area (Å²) in [6, 6.07) is 9.69. The summed E-state index contributed by atoms with van der Waals surface area (Å²) in [5, 5.41) is 3.24. The topological polar surface area (TPSA) is 38.3 Å². The van der Waals surface area contributed by atoms with Crippen LogP contribution in [0.1, 0.15) is 25.8 Å². The van der Waals surface area contributed by atoms with E-state index in [0.717, 1.165) is 18.5 Å². The van der Waals surface area contributed by atoms with Gasteiger partial charge in [0.15, 0.2) is 0 Å². The van der Waals surface area contributed by atoms with Crippen molar-refractivity contribution >= 4 is 12.0 Å². The maximum Gasteiger partial charge on any atom is 0.330 e. The van der Waals surface area contributed by atoms with Crippen LogP contribution in [-0.2, 0) is 9.53 Å². The summed E-state index contributed by atoms with van der Waals surface area (Å²) < 4.78 is 5.08. The second-order valence-corrected chi connectivity index (χ2v) is 4.84. The molecule has 1 aromatic rings. The number of carbonyl (C=O) groups excluding carboxylic acids is 1. The van der Waals surface area contributed by atoms with E-state index in [0.29, 0.717) is 19.1 Å². The number of hydrogen-bond donors (Lipinski definition) is 1. The minimum atomic E-state index is -0.297. The number of hydrogen-bond acceptors (Lipinski definition) is 3. The van der Waals surface area contributed by atoms with E-state index in [1.807, 2.05) is 30.3 Å². The summed E-state index contributed by atoms with van der Waals surface area (Å²) in [6.45, 7) is 6.47. The maximum absolute atomic E-state index is 11.4. The van der Waals surface area contributed by atoms with E-state index in [9.17, 15) is 4.79 Å². The van der Waals surface area contributed by atoms with Crippen LogP contribution in [0.3, 0.4) is 0 Å². The molecule has 1 rings (SSSR count). The van der Waals surface area contributed by atoms with Crippen LogP contribution < -0.4 is 5.32 Å². The molecule has 0 aliphatic carbocycles. The molecule has 3 nitrogen and oxygen atoms in total. The standard InChI is InChI=1S/C16H23NO2/c1-14(2)10-11-17-12-13-19-16(18)9-8-15-6-4-3-5-7-15/h3-9,14,17H,10-13H2,1-2H3/b9-8+. The molecule has 0 amide bonds. The molecule has 0 saturated carbocycles. The number of benzene rings is 1. The average molecular weight is 261 g/mol. The van der Waals surface area contributed by atoms with Crippen LogP contribution in [0, 0.1) is 5.92 Å². The largest absolute Gasteiger partial charge is 0.461 e. The van der Waals surface area contributed by atoms with E-state index in [1.165, 1.54) is 6.08 Å². The Morgan fingerprint density at radius 2 is 2.00 bits per heavy atom. The Hall–Kier alpha value is -1.61. The summed E-state index contributed by atoms with van der Waals surface area (Å²) in [7, 11) is 0. The highest BCUT2D eigenvalue weighted by Crippen LogP contribution is 2.01. The molecule has 0 aliphatic rings. The highest BCUT2D eigenvalue weighted by molar-refractivity contribution is 5.86. The first-order valence-electron chi connectivity index (χ1n) is 6.79. The van der Waals surface area contributed by atoms with Crippen LogP contribution in [0.25, 0.3) is 6.08 Å². The van der Waals surface area contributed by atoms with Crippen molar-refractivity contribution in [1.82, 2.24) is 5.32 Å². The highest BCUT2D eigenvalue weighted by atomic mass is 16.5. The number of rotatable bonds is 8. The van der Waals surface area contributed by atoms with Gasteiger partial charge >= 0.3 is 5.97 Å². The molecule has 0 atom stereocenters. The van der Waals surface area contributed by atoms with Gasteiger partial charge in [-0.05, 0) is 30.5 Å². The molecule has 0 unspecified atom stereocenters. The molecular formula is C16H23NO2. The Labute approximate surface area is 115 Å². The molecule has 3 heteroatoms. The zero-order chi connectivity index (χ0) is 13.9. The third-order valence-corrected chi connectivity index (χ3v) is 2.63. The van der Waals surface area contributed by atoms with E-state index in [1.54, 1.807) is 6.08 Å². The van der Waals surface area contributed by atoms with Gasteiger partial charge < -0.3 is 10.1 Å². The monoisotopic (exact) mass is 261 g/mol. The van der Waals surface area contributed by atoms with Crippen molar-refractivity contribution in [3.8, 4) is 0 Å².